The fraction of sp³-hybridized carbons (Fsp3) is 0.625. The molecule has 0 aromatic heterocycles. The van der Waals surface area contributed by atoms with Gasteiger partial charge in [-0.2, -0.15) is 0 Å². The van der Waals surface area contributed by atoms with Crippen LogP contribution in [0.3, 0.4) is 0 Å². The number of hydrogen-bond donors (Lipinski definition) is 0. The van der Waals surface area contributed by atoms with Crippen LogP contribution in [0.4, 0.5) is 0 Å². The van der Waals surface area contributed by atoms with E-state index in [0.717, 1.165) is 0 Å². The van der Waals surface area contributed by atoms with Crippen molar-refractivity contribution in [1.82, 2.24) is 0 Å². The lowest BCUT2D eigenvalue weighted by atomic mass is 10.2. The maximum atomic E-state index is 6.75. The van der Waals surface area contributed by atoms with Gasteiger partial charge in [0.1, 0.15) is 0 Å². The van der Waals surface area contributed by atoms with E-state index in [2.05, 4.69) is 78.0 Å². The van der Waals surface area contributed by atoms with Crippen LogP contribution in [0.25, 0.3) is 0 Å². The van der Waals surface area contributed by atoms with Gasteiger partial charge in [-0.3, -0.25) is 0 Å². The van der Waals surface area contributed by atoms with Crippen LogP contribution >= 0.6 is 0 Å². The molecule has 0 radical (unpaired) electrons. The van der Waals surface area contributed by atoms with Crippen LogP contribution < -0.4 is 0 Å². The third kappa shape index (κ3) is 3.58. The molecule has 1 unspecified atom stereocenters. The third-order valence-corrected chi connectivity index (χ3v) is 13.0. The first-order chi connectivity index (χ1) is 8.82. The SMILES string of the molecule is CC(C)[Si](O[SiH](C)C)(C(C)C)C(C)c1ccccc1. The van der Waals surface area contributed by atoms with E-state index < -0.39 is 17.4 Å². The summed E-state index contributed by atoms with van der Waals surface area (Å²) in [5.74, 6) is 0. The van der Waals surface area contributed by atoms with Gasteiger partial charge in [-0.05, 0) is 35.3 Å². The van der Waals surface area contributed by atoms with Crippen LogP contribution in [0, 0.1) is 0 Å². The Kier molecular flexibility index (Phi) is 6.02. The van der Waals surface area contributed by atoms with E-state index in [1.165, 1.54) is 5.56 Å². The summed E-state index contributed by atoms with van der Waals surface area (Å²) in [6.07, 6.45) is 0. The summed E-state index contributed by atoms with van der Waals surface area (Å²) in [5.41, 5.74) is 3.31. The zero-order valence-corrected chi connectivity index (χ0v) is 15.8. The van der Waals surface area contributed by atoms with Crippen LogP contribution in [-0.4, -0.2) is 17.4 Å². The summed E-state index contributed by atoms with van der Waals surface area (Å²) in [6, 6.07) is 10.9. The Bertz CT molecular complexity index is 366. The van der Waals surface area contributed by atoms with Gasteiger partial charge in [0, 0.05) is 0 Å². The van der Waals surface area contributed by atoms with E-state index in [1.807, 2.05) is 0 Å². The topological polar surface area (TPSA) is 9.23 Å². The van der Waals surface area contributed by atoms with Crippen LogP contribution in [0.1, 0.15) is 45.7 Å². The van der Waals surface area contributed by atoms with Gasteiger partial charge >= 0.3 is 0 Å². The fourth-order valence-corrected chi connectivity index (χ4v) is 13.8. The molecule has 19 heavy (non-hydrogen) atoms. The molecule has 0 spiro atoms. The van der Waals surface area contributed by atoms with Gasteiger partial charge in [-0.15, -0.1) is 0 Å². The Morgan fingerprint density at radius 1 is 0.895 bits per heavy atom. The highest BCUT2D eigenvalue weighted by Gasteiger charge is 2.47. The standard InChI is InChI=1S/C16H30OSi2/c1-13(2)19(14(3)4,17-18(6)7)15(5)16-11-9-8-10-12-16/h8-15,18H,1-7H3. The van der Waals surface area contributed by atoms with Crippen molar-refractivity contribution < 1.29 is 4.12 Å². The highest BCUT2D eigenvalue weighted by Crippen LogP contribution is 2.44. The van der Waals surface area contributed by atoms with Gasteiger partial charge in [-0.25, -0.2) is 0 Å². The van der Waals surface area contributed by atoms with Crippen LogP contribution in [0.5, 0.6) is 0 Å². The van der Waals surface area contributed by atoms with Crippen molar-refractivity contribution in [2.24, 2.45) is 0 Å². The van der Waals surface area contributed by atoms with Gasteiger partial charge in [0.2, 0.25) is 0 Å². The van der Waals surface area contributed by atoms with E-state index in [4.69, 9.17) is 4.12 Å². The Morgan fingerprint density at radius 3 is 1.74 bits per heavy atom. The van der Waals surface area contributed by atoms with Crippen molar-refractivity contribution in [2.75, 3.05) is 0 Å². The first kappa shape index (κ1) is 16.7. The molecule has 1 aromatic rings. The molecular formula is C16H30OSi2. The van der Waals surface area contributed by atoms with E-state index in [1.54, 1.807) is 0 Å². The molecule has 0 fully saturated rings. The minimum atomic E-state index is -1.80. The predicted molar refractivity (Wildman–Crippen MR) is 90.8 cm³/mol. The zero-order chi connectivity index (χ0) is 14.6. The largest absolute Gasteiger partial charge is 0.457 e. The predicted octanol–water partition coefficient (Wildman–Crippen LogP) is 5.09. The lowest BCUT2D eigenvalue weighted by Gasteiger charge is -2.45. The van der Waals surface area contributed by atoms with Crippen molar-refractivity contribution in [1.29, 1.82) is 0 Å². The number of hydrogen-bond acceptors (Lipinski definition) is 1. The maximum absolute atomic E-state index is 6.75. The summed E-state index contributed by atoms with van der Waals surface area (Å²) < 4.78 is 6.75. The molecule has 108 valence electrons. The fourth-order valence-electron chi connectivity index (χ4n) is 3.45. The molecule has 0 saturated carbocycles. The van der Waals surface area contributed by atoms with Crippen LogP contribution in [-0.2, 0) is 4.12 Å². The molecule has 1 rings (SSSR count). The second-order valence-corrected chi connectivity index (χ2v) is 14.4. The Morgan fingerprint density at radius 2 is 1.37 bits per heavy atom. The molecule has 0 amide bonds. The lowest BCUT2D eigenvalue weighted by Crippen LogP contribution is -2.52. The van der Waals surface area contributed by atoms with Crippen molar-refractivity contribution in [3.05, 3.63) is 35.9 Å². The van der Waals surface area contributed by atoms with Gasteiger partial charge in [0.25, 0.3) is 0 Å². The third-order valence-electron chi connectivity index (χ3n) is 4.22. The second kappa shape index (κ2) is 6.86. The minimum absolute atomic E-state index is 0.559. The maximum Gasteiger partial charge on any atom is 0.191 e. The average Bonchev–Trinajstić information content (AvgIpc) is 2.35. The van der Waals surface area contributed by atoms with Crippen molar-refractivity contribution >= 4 is 17.4 Å². The second-order valence-electron chi connectivity index (χ2n) is 6.46. The molecule has 1 atom stereocenters. The van der Waals surface area contributed by atoms with Crippen LogP contribution in [0.2, 0.25) is 24.2 Å². The van der Waals surface area contributed by atoms with E-state index in [-0.39, 0.29) is 0 Å². The molecule has 3 heteroatoms. The van der Waals surface area contributed by atoms with Gasteiger partial charge < -0.3 is 4.12 Å². The molecule has 0 saturated heterocycles. The Hall–Kier alpha value is -0.386. The molecule has 1 nitrogen and oxygen atoms in total. The first-order valence-corrected chi connectivity index (χ1v) is 12.5. The highest BCUT2D eigenvalue weighted by molar-refractivity contribution is 6.83. The smallest absolute Gasteiger partial charge is 0.191 e. The number of rotatable bonds is 6. The molecule has 0 N–H and O–H groups in total. The molecule has 0 aliphatic rings. The van der Waals surface area contributed by atoms with Gasteiger partial charge in [0.05, 0.1) is 0 Å². The van der Waals surface area contributed by atoms with Gasteiger partial charge in [-0.1, -0.05) is 65.0 Å². The van der Waals surface area contributed by atoms with Crippen LogP contribution in [0.15, 0.2) is 30.3 Å². The van der Waals surface area contributed by atoms with Crippen molar-refractivity contribution in [3.8, 4) is 0 Å². The normalized spacial score (nSPS) is 14.4. The summed E-state index contributed by atoms with van der Waals surface area (Å²) in [5, 5.41) is 0. The van der Waals surface area contributed by atoms with E-state index in [9.17, 15) is 0 Å². The Balaban J connectivity index is 3.22. The Labute approximate surface area is 122 Å². The molecule has 0 bridgehead atoms. The monoisotopic (exact) mass is 294 g/mol. The molecule has 0 heterocycles. The first-order valence-electron chi connectivity index (χ1n) is 7.55. The highest BCUT2D eigenvalue weighted by atomic mass is 28.4. The summed E-state index contributed by atoms with van der Waals surface area (Å²) in [6.45, 7) is 16.5. The lowest BCUT2D eigenvalue weighted by molar-refractivity contribution is 0.494. The van der Waals surface area contributed by atoms with E-state index >= 15 is 0 Å². The minimum Gasteiger partial charge on any atom is -0.457 e. The van der Waals surface area contributed by atoms with Gasteiger partial charge in [0.15, 0.2) is 17.4 Å². The molecule has 0 aliphatic heterocycles. The molecule has 1 aromatic carbocycles. The van der Waals surface area contributed by atoms with E-state index in [0.29, 0.717) is 16.6 Å². The summed E-state index contributed by atoms with van der Waals surface area (Å²) in [7, 11) is -2.82. The number of benzene rings is 1. The zero-order valence-electron chi connectivity index (χ0n) is 13.6. The molecule has 0 aliphatic carbocycles. The average molecular weight is 295 g/mol. The summed E-state index contributed by atoms with van der Waals surface area (Å²) in [4.78, 5) is 0. The quantitative estimate of drug-likeness (QED) is 0.664. The summed E-state index contributed by atoms with van der Waals surface area (Å²) >= 11 is 0. The van der Waals surface area contributed by atoms with Crippen molar-refractivity contribution in [2.45, 2.75) is 64.3 Å². The van der Waals surface area contributed by atoms with Crippen molar-refractivity contribution in [3.63, 3.8) is 0 Å². The molecular weight excluding hydrogens is 264 g/mol.